The fourth-order valence-corrected chi connectivity index (χ4v) is 0. The normalized spacial score (nSPS) is 4.75. The van der Waals surface area contributed by atoms with Gasteiger partial charge in [-0.1, -0.05) is 0 Å². The van der Waals surface area contributed by atoms with Crippen molar-refractivity contribution in [3.05, 3.63) is 10.1 Å². The molecule has 0 spiro atoms. The van der Waals surface area contributed by atoms with E-state index in [1.54, 1.807) is 5.43 Å². The van der Waals surface area contributed by atoms with E-state index in [2.05, 4.69) is 0 Å². The largest absolute Gasteiger partial charge is 1.00 e. The van der Waals surface area contributed by atoms with Crippen LogP contribution in [-0.2, 0) is 0 Å². The Kier molecular flexibility index (Phi) is 56.0. The van der Waals surface area contributed by atoms with Gasteiger partial charge >= 0.3 is 80.9 Å². The van der Waals surface area contributed by atoms with Crippen LogP contribution >= 0.6 is 0 Å². The second kappa shape index (κ2) is 23.0. The number of nitro groups is 1. The van der Waals surface area contributed by atoms with Crippen molar-refractivity contribution in [1.82, 2.24) is 5.43 Å². The molecule has 0 saturated carbocycles. The topological polar surface area (TPSA) is 116 Å². The molecule has 12 heavy (non-hydrogen) atoms. The summed E-state index contributed by atoms with van der Waals surface area (Å²) in [5.41, 5.74) is 1.75. The van der Waals surface area contributed by atoms with Crippen molar-refractivity contribution in [2.45, 2.75) is 0 Å². The fraction of sp³-hybridized carbons (Fsp3) is 0.500. The number of nitrogens with zero attached hydrogens (tertiary/aromatic N) is 1. The minimum atomic E-state index is -2.08. The summed E-state index contributed by atoms with van der Waals surface area (Å²) in [6, 6.07) is 0. The van der Waals surface area contributed by atoms with Gasteiger partial charge in [-0.3, -0.25) is 0 Å². The van der Waals surface area contributed by atoms with Gasteiger partial charge in [0.1, 0.15) is 0 Å². The molecule has 0 rings (SSSR count). The van der Waals surface area contributed by atoms with Crippen molar-refractivity contribution in [1.29, 1.82) is 0 Å². The van der Waals surface area contributed by atoms with Gasteiger partial charge in [-0.25, -0.2) is 10.1 Å². The summed E-state index contributed by atoms with van der Waals surface area (Å²) in [6.07, 6.45) is -2.08. The molecule has 0 fully saturated rings. The number of rotatable bonds is 1. The predicted molar refractivity (Wildman–Crippen MR) is 24.1 cm³/mol. The third kappa shape index (κ3) is 94.4. The monoisotopic (exact) mass is 326 g/mol. The maximum absolute atomic E-state index is 9.06. The van der Waals surface area contributed by atoms with Gasteiger partial charge < -0.3 is 39.0 Å². The van der Waals surface area contributed by atoms with Crippen molar-refractivity contribution in [3.63, 3.8) is 0 Å². The maximum atomic E-state index is 9.06. The van der Waals surface area contributed by atoms with Crippen molar-refractivity contribution < 1.29 is 125 Å². The SMILES string of the molecule is CN[N+](=O)[O-].O=C([O-])O.[I-].[K+].[Na+]. The number of hydrogen-bond donors (Lipinski definition) is 2. The maximum Gasteiger partial charge on any atom is 1.00 e. The molecule has 0 aromatic rings. The van der Waals surface area contributed by atoms with E-state index in [4.69, 9.17) is 25.1 Å². The first-order valence-corrected chi connectivity index (χ1v) is 1.72. The average molecular weight is 326 g/mol. The van der Waals surface area contributed by atoms with Crippen LogP contribution in [-0.4, -0.2) is 23.3 Å². The number of carboxylic acid groups (broad SMARTS) is 2. The first-order chi connectivity index (χ1) is 4.00. The van der Waals surface area contributed by atoms with Crippen molar-refractivity contribution in [2.24, 2.45) is 0 Å². The summed E-state index contributed by atoms with van der Waals surface area (Å²) < 4.78 is 0. The molecule has 0 bridgehead atoms. The molecule has 2 N–H and O–H groups in total. The zero-order chi connectivity index (χ0) is 7.86. The van der Waals surface area contributed by atoms with E-state index in [-0.39, 0.29) is 105 Å². The quantitative estimate of drug-likeness (QED) is 0.214. The third-order valence-electron chi connectivity index (χ3n) is 0.183. The van der Waals surface area contributed by atoms with E-state index in [9.17, 15) is 0 Å². The molecule has 0 aromatic heterocycles. The second-order valence-electron chi connectivity index (χ2n) is 0.747. The van der Waals surface area contributed by atoms with Gasteiger partial charge in [0.15, 0.2) is 5.03 Å². The predicted octanol–water partition coefficient (Wildman–Crippen LogP) is -10.7. The standard InChI is InChI=1S/CH4N2O2.CH2O3.HI.K.Na/c1-2-3(4)5;2-1(3)4;;;/h2H,1H3;(H2,2,3,4);1H;;/q;;;2*+1/p-2. The van der Waals surface area contributed by atoms with Crippen LogP contribution < -0.4 is 115 Å². The summed E-state index contributed by atoms with van der Waals surface area (Å²) in [7, 11) is 1.25. The van der Waals surface area contributed by atoms with Gasteiger partial charge in [-0.05, 0) is 0 Å². The summed E-state index contributed by atoms with van der Waals surface area (Å²) in [6.45, 7) is 0. The van der Waals surface area contributed by atoms with Gasteiger partial charge in [0, 0.05) is 0 Å². The van der Waals surface area contributed by atoms with Crippen LogP contribution in [0.1, 0.15) is 0 Å². The summed E-state index contributed by atoms with van der Waals surface area (Å²) in [4.78, 5) is 17.5. The van der Waals surface area contributed by atoms with E-state index < -0.39 is 11.2 Å². The van der Waals surface area contributed by atoms with E-state index in [1.807, 2.05) is 0 Å². The van der Waals surface area contributed by atoms with E-state index in [1.165, 1.54) is 7.05 Å². The molecule has 7 nitrogen and oxygen atoms in total. The van der Waals surface area contributed by atoms with Crippen LogP contribution in [0.15, 0.2) is 0 Å². The van der Waals surface area contributed by atoms with Crippen molar-refractivity contribution in [3.8, 4) is 0 Å². The van der Waals surface area contributed by atoms with Gasteiger partial charge in [-0.15, -0.1) is 5.43 Å². The minimum Gasteiger partial charge on any atom is -1.00 e. The Morgan fingerprint density at radius 3 is 1.67 bits per heavy atom. The summed E-state index contributed by atoms with van der Waals surface area (Å²) in [5, 5.41) is 23.7. The molecule has 0 heterocycles. The van der Waals surface area contributed by atoms with E-state index in [0.717, 1.165) is 0 Å². The molecule has 10 heteroatoms. The smallest absolute Gasteiger partial charge is 1.00 e. The molecular weight excluding hydrogens is 321 g/mol. The van der Waals surface area contributed by atoms with E-state index in [0.29, 0.717) is 0 Å². The molecule has 0 aromatic carbocycles. The van der Waals surface area contributed by atoms with Crippen LogP contribution in [0.4, 0.5) is 4.79 Å². The van der Waals surface area contributed by atoms with Gasteiger partial charge in [-0.2, -0.15) is 0 Å². The third-order valence-corrected chi connectivity index (χ3v) is 0.183. The Bertz CT molecular complexity index is 112. The van der Waals surface area contributed by atoms with Crippen LogP contribution in [0.3, 0.4) is 0 Å². The zero-order valence-corrected chi connectivity index (χ0v) is 14.2. The Labute approximate surface area is 151 Å². The molecule has 62 valence electrons. The Hall–Kier alpha value is 1.84. The minimum absolute atomic E-state index is 0. The van der Waals surface area contributed by atoms with Gasteiger partial charge in [0.05, 0.1) is 7.05 Å². The molecule has 0 atom stereocenters. The van der Waals surface area contributed by atoms with Crippen LogP contribution in [0.25, 0.3) is 0 Å². The average Bonchev–Trinajstić information content (AvgIpc) is 1.65. The molecule has 0 aliphatic heterocycles. The molecule has 0 aliphatic rings. The molecule has 0 radical (unpaired) electrons. The molecule has 0 aliphatic carbocycles. The number of carbonyl (C=O) groups is 1. The Balaban J connectivity index is -0.0000000221. The van der Waals surface area contributed by atoms with Crippen LogP contribution in [0.2, 0.25) is 0 Å². The second-order valence-corrected chi connectivity index (χ2v) is 0.747. The molecule has 0 saturated heterocycles. The Morgan fingerprint density at radius 1 is 1.58 bits per heavy atom. The molecule has 0 unspecified atom stereocenters. The zero-order valence-electron chi connectivity index (χ0n) is 6.91. The number of hydrazine groups is 1. The number of halogens is 1. The summed E-state index contributed by atoms with van der Waals surface area (Å²) >= 11 is 0. The number of nitrogens with one attached hydrogen (secondary N) is 1. The molecular formula is C2H5IKN2NaO5. The van der Waals surface area contributed by atoms with Crippen molar-refractivity contribution >= 4 is 6.16 Å². The first kappa shape index (κ1) is 29.2. The number of hydrogen-bond acceptors (Lipinski definition) is 4. The fourth-order valence-electron chi connectivity index (χ4n) is 0. The summed E-state index contributed by atoms with van der Waals surface area (Å²) in [5.74, 6) is 0. The van der Waals surface area contributed by atoms with Crippen LogP contribution in [0, 0.1) is 10.1 Å². The van der Waals surface area contributed by atoms with E-state index >= 15 is 0 Å². The van der Waals surface area contributed by atoms with Crippen LogP contribution in [0.5, 0.6) is 0 Å². The first-order valence-electron chi connectivity index (χ1n) is 1.72. The van der Waals surface area contributed by atoms with Gasteiger partial charge in [0.25, 0.3) is 0 Å². The van der Waals surface area contributed by atoms with Crippen molar-refractivity contribution in [2.75, 3.05) is 7.05 Å². The van der Waals surface area contributed by atoms with Gasteiger partial charge in [0.2, 0.25) is 6.16 Å². The molecule has 0 amide bonds. The Morgan fingerprint density at radius 2 is 1.67 bits per heavy atom.